The number of ether oxygens (including phenoxy) is 1. The second-order valence-corrected chi connectivity index (χ2v) is 11.2. The number of amides is 1. The summed E-state index contributed by atoms with van der Waals surface area (Å²) in [5.74, 6) is -1.06. The Kier molecular flexibility index (Phi) is 8.55. The van der Waals surface area contributed by atoms with Crippen LogP contribution >= 0.6 is 0 Å². The van der Waals surface area contributed by atoms with Crippen LogP contribution in [0.1, 0.15) is 95.1 Å². The van der Waals surface area contributed by atoms with Gasteiger partial charge in [0.15, 0.2) is 0 Å². The summed E-state index contributed by atoms with van der Waals surface area (Å²) in [4.78, 5) is 26.5. The average molecular weight is 500 g/mol. The number of aliphatic hydroxyl groups is 1. The Bertz CT molecular complexity index is 1070. The number of benzene rings is 1. The van der Waals surface area contributed by atoms with Crippen molar-refractivity contribution in [3.05, 3.63) is 46.1 Å². The van der Waals surface area contributed by atoms with Crippen molar-refractivity contribution in [1.82, 2.24) is 4.90 Å². The SMILES string of the molecule is CC(C)=CCCC(C)=CCC[C@@]1(C)Oc2c(c(O)cc3c2CN([C@H](CC(C)C)C(=O)O)C3=O)C[C@@H]1O. The van der Waals surface area contributed by atoms with Crippen molar-refractivity contribution < 1.29 is 29.6 Å². The molecule has 0 aliphatic carbocycles. The number of nitrogens with zero attached hydrogens (tertiary/aromatic N) is 1. The molecule has 0 aromatic heterocycles. The highest BCUT2D eigenvalue weighted by Gasteiger charge is 2.45. The minimum atomic E-state index is -1.05. The molecule has 2 aliphatic heterocycles. The lowest BCUT2D eigenvalue weighted by Crippen LogP contribution is -2.49. The Balaban J connectivity index is 1.83. The van der Waals surface area contributed by atoms with Crippen LogP contribution in [-0.4, -0.2) is 49.8 Å². The van der Waals surface area contributed by atoms with E-state index in [1.165, 1.54) is 22.1 Å². The van der Waals surface area contributed by atoms with Gasteiger partial charge >= 0.3 is 5.97 Å². The van der Waals surface area contributed by atoms with E-state index >= 15 is 0 Å². The molecule has 3 N–H and O–H groups in total. The summed E-state index contributed by atoms with van der Waals surface area (Å²) in [6, 6.07) is 0.435. The summed E-state index contributed by atoms with van der Waals surface area (Å²) in [5.41, 5.74) is 3.03. The predicted molar refractivity (Wildman–Crippen MR) is 139 cm³/mol. The van der Waals surface area contributed by atoms with Crippen molar-refractivity contribution in [2.45, 2.75) is 104 Å². The minimum Gasteiger partial charge on any atom is -0.508 e. The fourth-order valence-corrected chi connectivity index (χ4v) is 5.08. The third-order valence-corrected chi connectivity index (χ3v) is 7.30. The summed E-state index contributed by atoms with van der Waals surface area (Å²) in [6.45, 7) is 12.1. The second kappa shape index (κ2) is 11.1. The lowest BCUT2D eigenvalue weighted by molar-refractivity contribution is -0.143. The van der Waals surface area contributed by atoms with Crippen molar-refractivity contribution in [2.24, 2.45) is 5.92 Å². The third-order valence-electron chi connectivity index (χ3n) is 7.30. The number of carboxylic acid groups (broad SMARTS) is 1. The number of phenols is 1. The number of carbonyl (C=O) groups excluding carboxylic acids is 1. The lowest BCUT2D eigenvalue weighted by Gasteiger charge is -2.41. The number of aliphatic hydroxyl groups excluding tert-OH is 1. The van der Waals surface area contributed by atoms with Crippen molar-refractivity contribution in [2.75, 3.05) is 0 Å². The maximum Gasteiger partial charge on any atom is 0.326 e. The number of hydrogen-bond acceptors (Lipinski definition) is 5. The highest BCUT2D eigenvalue weighted by atomic mass is 16.5. The first-order valence-corrected chi connectivity index (χ1v) is 12.9. The molecule has 2 heterocycles. The van der Waals surface area contributed by atoms with Crippen LogP contribution in [0.4, 0.5) is 0 Å². The molecule has 36 heavy (non-hydrogen) atoms. The van der Waals surface area contributed by atoms with Crippen LogP contribution in [-0.2, 0) is 17.8 Å². The van der Waals surface area contributed by atoms with Gasteiger partial charge < -0.3 is 25.0 Å². The number of carboxylic acids is 1. The summed E-state index contributed by atoms with van der Waals surface area (Å²) in [5, 5.41) is 31.4. The highest BCUT2D eigenvalue weighted by Crippen LogP contribution is 2.46. The van der Waals surface area contributed by atoms with Gasteiger partial charge in [-0.1, -0.05) is 37.1 Å². The molecule has 1 amide bonds. The molecular weight excluding hydrogens is 458 g/mol. The van der Waals surface area contributed by atoms with Gasteiger partial charge in [0.1, 0.15) is 23.1 Å². The van der Waals surface area contributed by atoms with Gasteiger partial charge in [-0.3, -0.25) is 4.79 Å². The van der Waals surface area contributed by atoms with Crippen molar-refractivity contribution in [1.29, 1.82) is 0 Å². The van der Waals surface area contributed by atoms with Gasteiger partial charge in [0.05, 0.1) is 18.2 Å². The van der Waals surface area contributed by atoms with Crippen LogP contribution in [0.3, 0.4) is 0 Å². The van der Waals surface area contributed by atoms with E-state index in [0.29, 0.717) is 29.7 Å². The van der Waals surface area contributed by atoms with Crippen LogP contribution in [0.15, 0.2) is 29.4 Å². The Morgan fingerprint density at radius 2 is 1.92 bits per heavy atom. The van der Waals surface area contributed by atoms with Crippen LogP contribution in [0.25, 0.3) is 0 Å². The first kappa shape index (κ1) is 27.8. The van der Waals surface area contributed by atoms with Gasteiger partial charge in [-0.25, -0.2) is 4.79 Å². The van der Waals surface area contributed by atoms with Gasteiger partial charge in [0.2, 0.25) is 0 Å². The highest BCUT2D eigenvalue weighted by molar-refractivity contribution is 6.02. The fraction of sp³-hybridized carbons (Fsp3) is 0.586. The first-order chi connectivity index (χ1) is 16.8. The van der Waals surface area contributed by atoms with E-state index in [9.17, 15) is 24.9 Å². The van der Waals surface area contributed by atoms with Crippen molar-refractivity contribution >= 4 is 11.9 Å². The standard InChI is InChI=1S/C29H41NO6/c1-17(2)9-7-10-19(5)11-8-12-29(6)25(32)15-21-24(31)14-20-22(26(21)36-29)16-30(27(20)33)23(28(34)35)13-18(3)4/h9,11,14,18,23,25,31-32H,7-8,10,12-13,15-16H2,1-6H3,(H,34,35)/t23-,25+,29-/m1/s1. The maximum atomic E-state index is 13.2. The molecule has 7 nitrogen and oxygen atoms in total. The number of phenolic OH excluding ortho intramolecular Hbond substituents is 1. The molecule has 198 valence electrons. The van der Waals surface area contributed by atoms with Crippen LogP contribution in [0.5, 0.6) is 11.5 Å². The summed E-state index contributed by atoms with van der Waals surface area (Å²) in [6.07, 6.45) is 7.39. The first-order valence-electron chi connectivity index (χ1n) is 12.9. The van der Waals surface area contributed by atoms with E-state index < -0.39 is 29.6 Å². The third kappa shape index (κ3) is 5.94. The van der Waals surface area contributed by atoms with Gasteiger partial charge in [-0.05, 0) is 71.8 Å². The maximum absolute atomic E-state index is 13.2. The van der Waals surface area contributed by atoms with E-state index in [4.69, 9.17) is 4.74 Å². The van der Waals surface area contributed by atoms with Gasteiger partial charge in [-0.2, -0.15) is 0 Å². The Hall–Kier alpha value is -2.80. The molecular formula is C29H41NO6. The number of fused-ring (bicyclic) bond motifs is 3. The van der Waals surface area contributed by atoms with Crippen LogP contribution < -0.4 is 4.74 Å². The van der Waals surface area contributed by atoms with Crippen molar-refractivity contribution in [3.63, 3.8) is 0 Å². The van der Waals surface area contributed by atoms with E-state index in [-0.39, 0.29) is 30.2 Å². The van der Waals surface area contributed by atoms with E-state index in [0.717, 1.165) is 19.3 Å². The molecule has 0 saturated heterocycles. The number of rotatable bonds is 10. The normalized spacial score (nSPS) is 22.2. The Labute approximate surface area is 214 Å². The smallest absolute Gasteiger partial charge is 0.326 e. The van der Waals surface area contributed by atoms with Crippen LogP contribution in [0, 0.1) is 5.92 Å². The number of allylic oxidation sites excluding steroid dienone is 4. The van der Waals surface area contributed by atoms with Crippen LogP contribution in [0.2, 0.25) is 0 Å². The fourth-order valence-electron chi connectivity index (χ4n) is 5.08. The van der Waals surface area contributed by atoms with Gasteiger partial charge in [0.25, 0.3) is 5.91 Å². The molecule has 0 spiro atoms. The zero-order valence-electron chi connectivity index (χ0n) is 22.4. The number of hydrogen-bond donors (Lipinski definition) is 3. The molecule has 1 aromatic rings. The number of carbonyl (C=O) groups is 2. The molecule has 0 saturated carbocycles. The molecule has 0 radical (unpaired) electrons. The topological polar surface area (TPSA) is 107 Å². The molecule has 3 atom stereocenters. The molecule has 0 fully saturated rings. The summed E-state index contributed by atoms with van der Waals surface area (Å²) >= 11 is 0. The quantitative estimate of drug-likeness (QED) is 0.373. The lowest BCUT2D eigenvalue weighted by atomic mass is 9.84. The number of aromatic hydroxyl groups is 1. The molecule has 2 aliphatic rings. The molecule has 0 bridgehead atoms. The molecule has 3 rings (SSSR count). The Morgan fingerprint density at radius 1 is 1.22 bits per heavy atom. The second-order valence-electron chi connectivity index (χ2n) is 11.2. The average Bonchev–Trinajstić information content (AvgIpc) is 3.09. The van der Waals surface area contributed by atoms with Gasteiger partial charge in [-0.15, -0.1) is 0 Å². The summed E-state index contributed by atoms with van der Waals surface area (Å²) in [7, 11) is 0. The largest absolute Gasteiger partial charge is 0.508 e. The minimum absolute atomic E-state index is 0.0955. The van der Waals surface area contributed by atoms with E-state index in [1.807, 2.05) is 20.8 Å². The van der Waals surface area contributed by atoms with E-state index in [2.05, 4.69) is 32.9 Å². The zero-order chi connectivity index (χ0) is 26.8. The van der Waals surface area contributed by atoms with Gasteiger partial charge in [0, 0.05) is 17.5 Å². The monoisotopic (exact) mass is 499 g/mol. The number of aliphatic carboxylic acids is 1. The molecule has 1 aromatic carbocycles. The van der Waals surface area contributed by atoms with Crippen molar-refractivity contribution in [3.8, 4) is 11.5 Å². The van der Waals surface area contributed by atoms with E-state index in [1.54, 1.807) is 0 Å². The molecule has 7 heteroatoms. The summed E-state index contributed by atoms with van der Waals surface area (Å²) < 4.78 is 6.39. The Morgan fingerprint density at radius 3 is 2.53 bits per heavy atom. The predicted octanol–water partition coefficient (Wildman–Crippen LogP) is 5.37. The zero-order valence-corrected chi connectivity index (χ0v) is 22.4. The molecule has 0 unspecified atom stereocenters.